The standard InChI is InChI=1S/C10H14BrN3/c11-9-4-1-5-10(14-9)13-7-8-3-2-6-12-8/h1,4-5,8,12H,2-3,6-7H2,(H,13,14)/t8-/m0/s1. The first-order valence-electron chi connectivity index (χ1n) is 4.94. The van der Waals surface area contributed by atoms with E-state index in [1.165, 1.54) is 12.8 Å². The van der Waals surface area contributed by atoms with Crippen molar-refractivity contribution in [3.63, 3.8) is 0 Å². The van der Waals surface area contributed by atoms with E-state index >= 15 is 0 Å². The highest BCUT2D eigenvalue weighted by molar-refractivity contribution is 9.10. The summed E-state index contributed by atoms with van der Waals surface area (Å²) in [5, 5.41) is 6.76. The summed E-state index contributed by atoms with van der Waals surface area (Å²) in [5.74, 6) is 0.938. The van der Waals surface area contributed by atoms with Crippen LogP contribution < -0.4 is 10.6 Å². The number of aromatic nitrogens is 1. The van der Waals surface area contributed by atoms with E-state index in [0.29, 0.717) is 6.04 Å². The molecule has 0 aromatic carbocycles. The molecule has 1 aromatic heterocycles. The molecule has 3 nitrogen and oxygen atoms in total. The van der Waals surface area contributed by atoms with Gasteiger partial charge in [-0.1, -0.05) is 6.07 Å². The van der Waals surface area contributed by atoms with E-state index in [9.17, 15) is 0 Å². The zero-order valence-electron chi connectivity index (χ0n) is 7.96. The van der Waals surface area contributed by atoms with Gasteiger partial charge < -0.3 is 10.6 Å². The van der Waals surface area contributed by atoms with Gasteiger partial charge in [0, 0.05) is 12.6 Å². The molecular weight excluding hydrogens is 242 g/mol. The largest absolute Gasteiger partial charge is 0.368 e. The van der Waals surface area contributed by atoms with Crippen LogP contribution in [0, 0.1) is 0 Å². The Morgan fingerprint density at radius 1 is 1.57 bits per heavy atom. The molecule has 0 bridgehead atoms. The maximum Gasteiger partial charge on any atom is 0.127 e. The van der Waals surface area contributed by atoms with Crippen LogP contribution in [0.5, 0.6) is 0 Å². The van der Waals surface area contributed by atoms with E-state index in [0.717, 1.165) is 23.5 Å². The summed E-state index contributed by atoms with van der Waals surface area (Å²) in [6.45, 7) is 2.11. The highest BCUT2D eigenvalue weighted by Gasteiger charge is 2.13. The molecule has 0 unspecified atom stereocenters. The molecule has 76 valence electrons. The lowest BCUT2D eigenvalue weighted by Crippen LogP contribution is -2.29. The quantitative estimate of drug-likeness (QED) is 0.812. The highest BCUT2D eigenvalue weighted by Crippen LogP contribution is 2.11. The average molecular weight is 256 g/mol. The second-order valence-electron chi connectivity index (χ2n) is 3.52. The Morgan fingerprint density at radius 3 is 3.21 bits per heavy atom. The topological polar surface area (TPSA) is 37.0 Å². The van der Waals surface area contributed by atoms with Crippen LogP contribution in [0.4, 0.5) is 5.82 Å². The van der Waals surface area contributed by atoms with Gasteiger partial charge in [-0.3, -0.25) is 0 Å². The number of hydrogen-bond acceptors (Lipinski definition) is 3. The van der Waals surface area contributed by atoms with Crippen LogP contribution in [-0.2, 0) is 0 Å². The van der Waals surface area contributed by atoms with Crippen molar-refractivity contribution in [3.05, 3.63) is 22.8 Å². The zero-order chi connectivity index (χ0) is 9.80. The predicted molar refractivity (Wildman–Crippen MR) is 61.5 cm³/mol. The van der Waals surface area contributed by atoms with Crippen molar-refractivity contribution in [3.8, 4) is 0 Å². The summed E-state index contributed by atoms with van der Waals surface area (Å²) in [6.07, 6.45) is 2.55. The number of pyridine rings is 1. The van der Waals surface area contributed by atoms with Gasteiger partial charge in [0.05, 0.1) is 0 Å². The first kappa shape index (κ1) is 9.93. The molecule has 1 saturated heterocycles. The maximum absolute atomic E-state index is 4.31. The van der Waals surface area contributed by atoms with Crippen LogP contribution in [0.2, 0.25) is 0 Å². The Hall–Kier alpha value is -0.610. The normalized spacial score (nSPS) is 21.1. The van der Waals surface area contributed by atoms with Crippen molar-refractivity contribution in [2.75, 3.05) is 18.4 Å². The SMILES string of the molecule is Brc1cccc(NC[C@@H]2CCCN2)n1. The molecule has 1 aromatic rings. The number of nitrogens with zero attached hydrogens (tertiary/aromatic N) is 1. The van der Waals surface area contributed by atoms with Crippen LogP contribution in [-0.4, -0.2) is 24.1 Å². The van der Waals surface area contributed by atoms with Crippen molar-refractivity contribution >= 4 is 21.7 Å². The Bertz CT molecular complexity index is 297. The van der Waals surface area contributed by atoms with Gasteiger partial charge in [-0.2, -0.15) is 0 Å². The van der Waals surface area contributed by atoms with Gasteiger partial charge in [-0.05, 0) is 47.4 Å². The molecule has 2 N–H and O–H groups in total. The van der Waals surface area contributed by atoms with Gasteiger partial charge in [0.25, 0.3) is 0 Å². The van der Waals surface area contributed by atoms with Gasteiger partial charge in [0.15, 0.2) is 0 Å². The molecule has 4 heteroatoms. The summed E-state index contributed by atoms with van der Waals surface area (Å²) >= 11 is 3.35. The minimum atomic E-state index is 0.607. The number of rotatable bonds is 3. The summed E-state index contributed by atoms with van der Waals surface area (Å²) < 4.78 is 0.877. The number of anilines is 1. The number of hydrogen-bond donors (Lipinski definition) is 2. The smallest absolute Gasteiger partial charge is 0.127 e. The van der Waals surface area contributed by atoms with Crippen molar-refractivity contribution < 1.29 is 0 Å². The van der Waals surface area contributed by atoms with Gasteiger partial charge in [-0.25, -0.2) is 4.98 Å². The Balaban J connectivity index is 1.85. The average Bonchev–Trinajstić information content (AvgIpc) is 2.67. The third-order valence-electron chi connectivity index (χ3n) is 2.41. The van der Waals surface area contributed by atoms with E-state index in [-0.39, 0.29) is 0 Å². The molecular formula is C10H14BrN3. The van der Waals surface area contributed by atoms with E-state index in [2.05, 4.69) is 31.5 Å². The second kappa shape index (κ2) is 4.75. The molecule has 0 radical (unpaired) electrons. The lowest BCUT2D eigenvalue weighted by molar-refractivity contribution is 0.632. The fraction of sp³-hybridized carbons (Fsp3) is 0.500. The molecule has 1 atom stereocenters. The van der Waals surface area contributed by atoms with E-state index in [1.807, 2.05) is 18.2 Å². The molecule has 14 heavy (non-hydrogen) atoms. The van der Waals surface area contributed by atoms with Gasteiger partial charge in [-0.15, -0.1) is 0 Å². The monoisotopic (exact) mass is 255 g/mol. The molecule has 0 spiro atoms. The Morgan fingerprint density at radius 2 is 2.50 bits per heavy atom. The summed E-state index contributed by atoms with van der Waals surface area (Å²) in [6, 6.07) is 6.51. The third kappa shape index (κ3) is 2.69. The van der Waals surface area contributed by atoms with Crippen molar-refractivity contribution in [1.82, 2.24) is 10.3 Å². The highest BCUT2D eigenvalue weighted by atomic mass is 79.9. The van der Waals surface area contributed by atoms with Crippen molar-refractivity contribution in [2.45, 2.75) is 18.9 Å². The lowest BCUT2D eigenvalue weighted by atomic mass is 10.2. The fourth-order valence-corrected chi connectivity index (χ4v) is 2.01. The molecule has 1 aliphatic rings. The van der Waals surface area contributed by atoms with Crippen molar-refractivity contribution in [1.29, 1.82) is 0 Å². The molecule has 2 heterocycles. The van der Waals surface area contributed by atoms with Crippen LogP contribution in [0.1, 0.15) is 12.8 Å². The maximum atomic E-state index is 4.31. The molecule has 0 saturated carbocycles. The zero-order valence-corrected chi connectivity index (χ0v) is 9.55. The van der Waals surface area contributed by atoms with Crippen LogP contribution in [0.3, 0.4) is 0 Å². The minimum absolute atomic E-state index is 0.607. The first-order valence-corrected chi connectivity index (χ1v) is 5.74. The molecule has 1 aliphatic heterocycles. The first-order chi connectivity index (χ1) is 6.84. The van der Waals surface area contributed by atoms with Crippen molar-refractivity contribution in [2.24, 2.45) is 0 Å². The van der Waals surface area contributed by atoms with Crippen LogP contribution in [0.15, 0.2) is 22.8 Å². The predicted octanol–water partition coefficient (Wildman–Crippen LogP) is 2.01. The fourth-order valence-electron chi connectivity index (χ4n) is 1.67. The van der Waals surface area contributed by atoms with Gasteiger partial charge >= 0.3 is 0 Å². The summed E-state index contributed by atoms with van der Waals surface area (Å²) in [7, 11) is 0. The van der Waals surface area contributed by atoms with E-state index in [1.54, 1.807) is 0 Å². The van der Waals surface area contributed by atoms with Gasteiger partial charge in [0.2, 0.25) is 0 Å². The second-order valence-corrected chi connectivity index (χ2v) is 4.33. The minimum Gasteiger partial charge on any atom is -0.368 e. The molecule has 0 amide bonds. The van der Waals surface area contributed by atoms with Gasteiger partial charge in [0.1, 0.15) is 10.4 Å². The summed E-state index contributed by atoms with van der Waals surface area (Å²) in [4.78, 5) is 4.31. The number of halogens is 1. The molecule has 0 aliphatic carbocycles. The Labute approximate surface area is 92.4 Å². The Kier molecular flexibility index (Phi) is 3.37. The lowest BCUT2D eigenvalue weighted by Gasteiger charge is -2.11. The molecule has 1 fully saturated rings. The molecule has 2 rings (SSSR count). The van der Waals surface area contributed by atoms with Crippen LogP contribution >= 0.6 is 15.9 Å². The van der Waals surface area contributed by atoms with E-state index in [4.69, 9.17) is 0 Å². The van der Waals surface area contributed by atoms with Crippen LogP contribution in [0.25, 0.3) is 0 Å². The summed E-state index contributed by atoms with van der Waals surface area (Å²) in [5.41, 5.74) is 0. The number of nitrogens with one attached hydrogen (secondary N) is 2. The van der Waals surface area contributed by atoms with E-state index < -0.39 is 0 Å². The third-order valence-corrected chi connectivity index (χ3v) is 2.85.